The van der Waals surface area contributed by atoms with Gasteiger partial charge < -0.3 is 5.32 Å². The number of nitrogens with zero attached hydrogens (tertiary/aromatic N) is 4. The van der Waals surface area contributed by atoms with Gasteiger partial charge in [-0.3, -0.25) is 9.67 Å². The number of hydrogen-bond acceptors (Lipinski definition) is 4. The van der Waals surface area contributed by atoms with Crippen molar-refractivity contribution in [1.29, 1.82) is 0 Å². The number of rotatable bonds is 3. The number of amidine groups is 1. The van der Waals surface area contributed by atoms with Gasteiger partial charge in [0.2, 0.25) is 5.82 Å². The Labute approximate surface area is 143 Å². The van der Waals surface area contributed by atoms with E-state index in [-0.39, 0.29) is 11.9 Å². The lowest BCUT2D eigenvalue weighted by Crippen LogP contribution is -2.30. The molecule has 1 aliphatic rings. The van der Waals surface area contributed by atoms with Gasteiger partial charge >= 0.3 is 0 Å². The molecule has 5 nitrogen and oxygen atoms in total. The summed E-state index contributed by atoms with van der Waals surface area (Å²) in [5.41, 5.74) is 1.84. The smallest absolute Gasteiger partial charge is 0.216 e. The first-order chi connectivity index (χ1) is 10.6. The zero-order valence-corrected chi connectivity index (χ0v) is 14.8. The highest BCUT2D eigenvalue weighted by atomic mass is 79.9. The highest BCUT2D eigenvalue weighted by molar-refractivity contribution is 9.10. The Hall–Kier alpha value is -1.54. The van der Waals surface area contributed by atoms with Crippen LogP contribution in [0.15, 0.2) is 45.8 Å². The Morgan fingerprint density at radius 2 is 2.23 bits per heavy atom. The second-order valence-electron chi connectivity index (χ2n) is 4.78. The highest BCUT2D eigenvalue weighted by Crippen LogP contribution is 2.30. The summed E-state index contributed by atoms with van der Waals surface area (Å²) in [4.78, 5) is 8.86. The molecule has 1 atom stereocenters. The van der Waals surface area contributed by atoms with Gasteiger partial charge in [0.05, 0.1) is 6.04 Å². The molecular weight excluding hydrogens is 417 g/mol. The van der Waals surface area contributed by atoms with Crippen LogP contribution in [0.5, 0.6) is 0 Å². The summed E-state index contributed by atoms with van der Waals surface area (Å²) in [6, 6.07) is 4.36. The first-order valence-electron chi connectivity index (χ1n) is 6.49. The fraction of sp³-hybridized carbons (Fsp3) is 0.214. The number of aryl methyl sites for hydroxylation is 1. The molecule has 0 bridgehead atoms. The molecule has 1 aromatic heterocycles. The summed E-state index contributed by atoms with van der Waals surface area (Å²) < 4.78 is 15.6. The van der Waals surface area contributed by atoms with Gasteiger partial charge in [-0.25, -0.2) is 9.37 Å². The highest BCUT2D eigenvalue weighted by Gasteiger charge is 2.21. The Balaban J connectivity index is 2.02. The zero-order chi connectivity index (χ0) is 15.7. The number of benzene rings is 1. The molecule has 114 valence electrons. The summed E-state index contributed by atoms with van der Waals surface area (Å²) in [7, 11) is 1.80. The fourth-order valence-corrected chi connectivity index (χ4v) is 3.05. The lowest BCUT2D eigenvalue weighted by atomic mass is 10.0. The van der Waals surface area contributed by atoms with Crippen LogP contribution in [-0.2, 0) is 7.05 Å². The molecule has 1 unspecified atom stereocenters. The molecule has 0 fully saturated rings. The van der Waals surface area contributed by atoms with Crippen LogP contribution < -0.4 is 5.32 Å². The van der Waals surface area contributed by atoms with E-state index in [1.54, 1.807) is 24.1 Å². The van der Waals surface area contributed by atoms with Crippen molar-refractivity contribution in [3.05, 3.63) is 58.0 Å². The normalized spacial score (nSPS) is 17.7. The van der Waals surface area contributed by atoms with E-state index in [4.69, 9.17) is 0 Å². The molecule has 1 N–H and O–H groups in total. The maximum absolute atomic E-state index is 13.3. The van der Waals surface area contributed by atoms with E-state index >= 15 is 0 Å². The maximum Gasteiger partial charge on any atom is 0.216 e. The zero-order valence-electron chi connectivity index (χ0n) is 11.6. The average Bonchev–Trinajstić information content (AvgIpc) is 2.93. The van der Waals surface area contributed by atoms with Crippen LogP contribution in [-0.4, -0.2) is 25.9 Å². The van der Waals surface area contributed by atoms with Crippen molar-refractivity contribution < 1.29 is 4.39 Å². The first-order valence-corrected chi connectivity index (χ1v) is 8.40. The van der Waals surface area contributed by atoms with E-state index in [2.05, 4.69) is 52.3 Å². The molecule has 1 aromatic carbocycles. The van der Waals surface area contributed by atoms with Gasteiger partial charge in [0, 0.05) is 22.5 Å². The minimum absolute atomic E-state index is 0.234. The minimum Gasteiger partial charge on any atom is -0.340 e. The molecule has 2 heterocycles. The monoisotopic (exact) mass is 427 g/mol. The summed E-state index contributed by atoms with van der Waals surface area (Å²) in [6.45, 7) is 0. The van der Waals surface area contributed by atoms with Crippen molar-refractivity contribution in [2.24, 2.45) is 12.0 Å². The van der Waals surface area contributed by atoms with E-state index < -0.39 is 0 Å². The molecule has 0 saturated carbocycles. The number of aromatic nitrogens is 3. The van der Waals surface area contributed by atoms with Gasteiger partial charge in [0.1, 0.15) is 12.1 Å². The van der Waals surface area contributed by atoms with Gasteiger partial charge in [0.15, 0.2) is 5.84 Å². The lowest BCUT2D eigenvalue weighted by Gasteiger charge is -2.21. The topological polar surface area (TPSA) is 55.1 Å². The van der Waals surface area contributed by atoms with Gasteiger partial charge in [0.25, 0.3) is 0 Å². The number of aliphatic imine (C=N–C) groups is 1. The third-order valence-electron chi connectivity index (χ3n) is 3.14. The molecule has 0 spiro atoms. The maximum atomic E-state index is 13.3. The molecule has 0 saturated heterocycles. The minimum atomic E-state index is -0.287. The van der Waals surface area contributed by atoms with Crippen LogP contribution in [0.25, 0.3) is 0 Å². The molecule has 0 aliphatic carbocycles. The molecule has 22 heavy (non-hydrogen) atoms. The lowest BCUT2D eigenvalue weighted by molar-refractivity contribution is 0.625. The SMILES string of the molecule is Cn1cnc(C2=NC(c3ccc(F)cc3Br)C=C(CBr)N2)n1. The van der Waals surface area contributed by atoms with E-state index in [1.165, 1.54) is 12.1 Å². The Morgan fingerprint density at radius 1 is 1.41 bits per heavy atom. The number of allylic oxidation sites excluding steroid dienone is 1. The van der Waals surface area contributed by atoms with Crippen LogP contribution in [0, 0.1) is 5.82 Å². The molecule has 2 aromatic rings. The van der Waals surface area contributed by atoms with Crippen molar-refractivity contribution in [3.8, 4) is 0 Å². The standard InChI is InChI=1S/C14H12Br2FN5/c1-22-7-18-13(21-22)14-19-9(6-15)5-12(20-14)10-3-2-8(17)4-11(10)16/h2-5,7,12H,6H2,1H3,(H,19,20). The summed E-state index contributed by atoms with van der Waals surface area (Å²) in [6.07, 6.45) is 3.60. The number of nitrogens with one attached hydrogen (secondary N) is 1. The van der Waals surface area contributed by atoms with Crippen molar-refractivity contribution >= 4 is 37.7 Å². The summed E-state index contributed by atoms with van der Waals surface area (Å²) in [5.74, 6) is 0.834. The third kappa shape index (κ3) is 3.12. The van der Waals surface area contributed by atoms with E-state index in [9.17, 15) is 4.39 Å². The van der Waals surface area contributed by atoms with Gasteiger partial charge in [-0.2, -0.15) is 0 Å². The Morgan fingerprint density at radius 3 is 2.86 bits per heavy atom. The number of alkyl halides is 1. The first kappa shape index (κ1) is 15.4. The van der Waals surface area contributed by atoms with Gasteiger partial charge in [-0.05, 0) is 23.8 Å². The van der Waals surface area contributed by atoms with Crippen molar-refractivity contribution in [1.82, 2.24) is 20.1 Å². The summed E-state index contributed by atoms with van der Waals surface area (Å²) >= 11 is 6.84. The van der Waals surface area contributed by atoms with Gasteiger partial charge in [-0.15, -0.1) is 5.10 Å². The number of hydrogen-bond donors (Lipinski definition) is 1. The molecular formula is C14H12Br2FN5. The fourth-order valence-electron chi connectivity index (χ4n) is 2.13. The van der Waals surface area contributed by atoms with Crippen molar-refractivity contribution in [2.75, 3.05) is 5.33 Å². The van der Waals surface area contributed by atoms with Crippen LogP contribution in [0.4, 0.5) is 4.39 Å². The molecule has 3 rings (SSSR count). The van der Waals surface area contributed by atoms with Crippen LogP contribution in [0.3, 0.4) is 0 Å². The predicted octanol–water partition coefficient (Wildman–Crippen LogP) is 3.09. The third-order valence-corrected chi connectivity index (χ3v) is 4.43. The molecule has 1 aliphatic heterocycles. The van der Waals surface area contributed by atoms with Crippen LogP contribution in [0.1, 0.15) is 17.4 Å². The second-order valence-corrected chi connectivity index (χ2v) is 6.20. The second kappa shape index (κ2) is 6.29. The van der Waals surface area contributed by atoms with Crippen molar-refractivity contribution in [3.63, 3.8) is 0 Å². The predicted molar refractivity (Wildman–Crippen MR) is 89.4 cm³/mol. The molecule has 8 heteroatoms. The number of halogens is 3. The average molecular weight is 429 g/mol. The Bertz CT molecular complexity index is 768. The molecule has 0 amide bonds. The van der Waals surface area contributed by atoms with Crippen LogP contribution >= 0.6 is 31.9 Å². The van der Waals surface area contributed by atoms with Crippen LogP contribution in [0.2, 0.25) is 0 Å². The van der Waals surface area contributed by atoms with E-state index in [1.807, 2.05) is 6.08 Å². The Kier molecular flexibility index (Phi) is 4.39. The quantitative estimate of drug-likeness (QED) is 0.764. The van der Waals surface area contributed by atoms with Crippen molar-refractivity contribution in [2.45, 2.75) is 6.04 Å². The van der Waals surface area contributed by atoms with E-state index in [0.717, 1.165) is 11.3 Å². The molecule has 0 radical (unpaired) electrons. The summed E-state index contributed by atoms with van der Waals surface area (Å²) in [5, 5.41) is 8.11. The van der Waals surface area contributed by atoms with E-state index in [0.29, 0.717) is 21.5 Å². The largest absolute Gasteiger partial charge is 0.340 e. The van der Waals surface area contributed by atoms with Gasteiger partial charge in [-0.1, -0.05) is 37.9 Å².